The van der Waals surface area contributed by atoms with Gasteiger partial charge in [0.2, 0.25) is 0 Å². The third kappa shape index (κ3) is 1.36. The number of hydrogen-bond acceptors (Lipinski definition) is 2. The van der Waals surface area contributed by atoms with Crippen LogP contribution in [0.4, 0.5) is 0 Å². The lowest BCUT2D eigenvalue weighted by atomic mass is 10.1. The van der Waals surface area contributed by atoms with Gasteiger partial charge in [0.05, 0.1) is 5.56 Å². The van der Waals surface area contributed by atoms with E-state index in [0.29, 0.717) is 11.8 Å². The van der Waals surface area contributed by atoms with Crippen molar-refractivity contribution < 1.29 is 9.59 Å². The Balaban J connectivity index is 2.96. The van der Waals surface area contributed by atoms with Gasteiger partial charge in [-0.3, -0.25) is 9.59 Å². The van der Waals surface area contributed by atoms with E-state index in [9.17, 15) is 9.59 Å². The van der Waals surface area contributed by atoms with Gasteiger partial charge in [-0.1, -0.05) is 18.2 Å². The van der Waals surface area contributed by atoms with E-state index in [4.69, 9.17) is 11.6 Å². The normalized spacial score (nSPS) is 10.5. The van der Waals surface area contributed by atoms with E-state index in [1.807, 2.05) is 18.2 Å². The lowest BCUT2D eigenvalue weighted by Gasteiger charge is -1.98. The maximum absolute atomic E-state index is 11.2. The molecule has 1 aromatic heterocycles. The lowest BCUT2D eigenvalue weighted by molar-refractivity contribution is 0.106. The third-order valence-corrected chi connectivity index (χ3v) is 2.63. The summed E-state index contributed by atoms with van der Waals surface area (Å²) >= 11 is 5.45. The Labute approximate surface area is 91.3 Å². The highest BCUT2D eigenvalue weighted by Crippen LogP contribution is 2.24. The molecule has 15 heavy (non-hydrogen) atoms. The van der Waals surface area contributed by atoms with Crippen molar-refractivity contribution >= 4 is 34.0 Å². The minimum atomic E-state index is -0.615. The second-order valence-corrected chi connectivity index (χ2v) is 3.57. The molecule has 0 spiro atoms. The molecule has 0 N–H and O–H groups in total. The Morgan fingerprint density at radius 2 is 2.07 bits per heavy atom. The Bertz CT molecular complexity index is 557. The van der Waals surface area contributed by atoms with Gasteiger partial charge in [0.25, 0.3) is 5.24 Å². The van der Waals surface area contributed by atoms with Crippen molar-refractivity contribution in [3.8, 4) is 0 Å². The Kier molecular flexibility index (Phi) is 2.32. The monoisotopic (exact) mass is 221 g/mol. The fraction of sp³-hybridized carbons (Fsp3) is 0.0909. The smallest absolute Gasteiger partial charge is 0.269 e. The summed E-state index contributed by atoms with van der Waals surface area (Å²) in [6, 6.07) is 7.30. The van der Waals surface area contributed by atoms with Crippen LogP contribution < -0.4 is 0 Å². The summed E-state index contributed by atoms with van der Waals surface area (Å²) in [5.41, 5.74) is 1.42. The SMILES string of the molecule is Cn1c(C(=O)Cl)c(C=O)c2ccccc21. The van der Waals surface area contributed by atoms with Crippen LogP contribution in [0.1, 0.15) is 20.8 Å². The van der Waals surface area contributed by atoms with Gasteiger partial charge < -0.3 is 4.57 Å². The van der Waals surface area contributed by atoms with Gasteiger partial charge >= 0.3 is 0 Å². The molecule has 2 aromatic rings. The number of aldehydes is 1. The molecule has 0 unspecified atom stereocenters. The zero-order valence-electron chi connectivity index (χ0n) is 8.03. The van der Waals surface area contributed by atoms with Crippen LogP contribution in [0.15, 0.2) is 24.3 Å². The van der Waals surface area contributed by atoms with Crippen LogP contribution >= 0.6 is 11.6 Å². The van der Waals surface area contributed by atoms with Crippen LogP contribution in [-0.4, -0.2) is 16.1 Å². The van der Waals surface area contributed by atoms with Gasteiger partial charge in [0, 0.05) is 18.0 Å². The largest absolute Gasteiger partial charge is 0.340 e. The second-order valence-electron chi connectivity index (χ2n) is 3.23. The fourth-order valence-electron chi connectivity index (χ4n) is 1.78. The first-order valence-corrected chi connectivity index (χ1v) is 4.77. The Hall–Kier alpha value is -1.61. The number of carbonyl (C=O) groups excluding carboxylic acids is 2. The zero-order valence-corrected chi connectivity index (χ0v) is 8.78. The topological polar surface area (TPSA) is 39.1 Å². The van der Waals surface area contributed by atoms with Crippen molar-refractivity contribution in [2.45, 2.75) is 0 Å². The number of rotatable bonds is 2. The Morgan fingerprint density at radius 3 is 2.67 bits per heavy atom. The molecule has 0 aliphatic rings. The summed E-state index contributed by atoms with van der Waals surface area (Å²) in [4.78, 5) is 22.1. The average molecular weight is 222 g/mol. The predicted octanol–water partition coefficient (Wildman–Crippen LogP) is 2.37. The first kappa shape index (κ1) is 9.93. The van der Waals surface area contributed by atoms with Gasteiger partial charge in [-0.15, -0.1) is 0 Å². The first-order valence-electron chi connectivity index (χ1n) is 4.39. The van der Waals surface area contributed by atoms with Crippen LogP contribution in [-0.2, 0) is 7.05 Å². The number of halogens is 1. The number of aromatic nitrogens is 1. The van der Waals surface area contributed by atoms with E-state index in [1.54, 1.807) is 17.7 Å². The summed E-state index contributed by atoms with van der Waals surface area (Å²) in [5, 5.41) is 0.134. The molecule has 0 atom stereocenters. The maximum atomic E-state index is 11.2. The molecule has 1 heterocycles. The number of para-hydroxylation sites is 1. The highest BCUT2D eigenvalue weighted by Gasteiger charge is 2.18. The summed E-state index contributed by atoms with van der Waals surface area (Å²) < 4.78 is 1.63. The number of nitrogens with zero attached hydrogens (tertiary/aromatic N) is 1. The minimum Gasteiger partial charge on any atom is -0.340 e. The highest BCUT2D eigenvalue weighted by molar-refractivity contribution is 6.68. The lowest BCUT2D eigenvalue weighted by Crippen LogP contribution is -2.02. The van der Waals surface area contributed by atoms with E-state index in [-0.39, 0.29) is 5.69 Å². The van der Waals surface area contributed by atoms with Gasteiger partial charge in [0.1, 0.15) is 5.69 Å². The summed E-state index contributed by atoms with van der Waals surface area (Å²) in [6.07, 6.45) is 0.665. The number of benzene rings is 1. The van der Waals surface area contributed by atoms with Crippen molar-refractivity contribution in [1.82, 2.24) is 4.57 Å². The molecule has 0 aliphatic heterocycles. The van der Waals surface area contributed by atoms with Crippen molar-refractivity contribution in [2.24, 2.45) is 7.05 Å². The number of aryl methyl sites for hydroxylation is 1. The van der Waals surface area contributed by atoms with Crippen molar-refractivity contribution in [2.75, 3.05) is 0 Å². The molecule has 0 saturated carbocycles. The first-order chi connectivity index (χ1) is 7.16. The second kappa shape index (κ2) is 3.51. The van der Waals surface area contributed by atoms with Crippen LogP contribution in [0.2, 0.25) is 0 Å². The van der Waals surface area contributed by atoms with E-state index >= 15 is 0 Å². The van der Waals surface area contributed by atoms with Crippen LogP contribution in [0.3, 0.4) is 0 Å². The molecular weight excluding hydrogens is 214 g/mol. The molecule has 76 valence electrons. The standard InChI is InChI=1S/C11H8ClNO2/c1-13-9-5-3-2-4-7(9)8(6-14)10(13)11(12)15/h2-6H,1H3. The fourth-order valence-corrected chi connectivity index (χ4v) is 2.01. The molecule has 0 amide bonds. The van der Waals surface area contributed by atoms with Crippen LogP contribution in [0.5, 0.6) is 0 Å². The van der Waals surface area contributed by atoms with Gasteiger partial charge in [-0.2, -0.15) is 0 Å². The van der Waals surface area contributed by atoms with E-state index in [2.05, 4.69) is 0 Å². The van der Waals surface area contributed by atoms with Crippen molar-refractivity contribution in [3.05, 3.63) is 35.5 Å². The molecule has 0 bridgehead atoms. The molecular formula is C11H8ClNO2. The predicted molar refractivity (Wildman–Crippen MR) is 58.5 cm³/mol. The van der Waals surface area contributed by atoms with Gasteiger partial charge in [-0.25, -0.2) is 0 Å². The molecule has 0 fully saturated rings. The molecule has 0 saturated heterocycles. The van der Waals surface area contributed by atoms with Gasteiger partial charge in [-0.05, 0) is 17.7 Å². The average Bonchev–Trinajstić information content (AvgIpc) is 2.52. The quantitative estimate of drug-likeness (QED) is 0.577. The van der Waals surface area contributed by atoms with E-state index < -0.39 is 5.24 Å². The summed E-state index contributed by atoms with van der Waals surface area (Å²) in [5.74, 6) is 0. The van der Waals surface area contributed by atoms with Crippen LogP contribution in [0.25, 0.3) is 10.9 Å². The van der Waals surface area contributed by atoms with Gasteiger partial charge in [0.15, 0.2) is 6.29 Å². The molecule has 4 heteroatoms. The maximum Gasteiger partial charge on any atom is 0.269 e. The molecule has 3 nitrogen and oxygen atoms in total. The highest BCUT2D eigenvalue weighted by atomic mass is 35.5. The van der Waals surface area contributed by atoms with Crippen LogP contribution in [0, 0.1) is 0 Å². The van der Waals surface area contributed by atoms with E-state index in [1.165, 1.54) is 0 Å². The summed E-state index contributed by atoms with van der Waals surface area (Å²) in [7, 11) is 1.71. The number of fused-ring (bicyclic) bond motifs is 1. The Morgan fingerprint density at radius 1 is 1.40 bits per heavy atom. The molecule has 0 aliphatic carbocycles. The molecule has 2 rings (SSSR count). The van der Waals surface area contributed by atoms with E-state index in [0.717, 1.165) is 10.9 Å². The summed E-state index contributed by atoms with van der Waals surface area (Å²) in [6.45, 7) is 0. The zero-order chi connectivity index (χ0) is 11.0. The molecule has 0 radical (unpaired) electrons. The number of carbonyl (C=O) groups is 2. The molecule has 1 aromatic carbocycles. The number of hydrogen-bond donors (Lipinski definition) is 0. The van der Waals surface area contributed by atoms with Crippen molar-refractivity contribution in [3.63, 3.8) is 0 Å². The minimum absolute atomic E-state index is 0.243. The third-order valence-electron chi connectivity index (χ3n) is 2.45. The van der Waals surface area contributed by atoms with Crippen molar-refractivity contribution in [1.29, 1.82) is 0 Å².